The van der Waals surface area contributed by atoms with Gasteiger partial charge in [-0.25, -0.2) is 9.18 Å². The minimum absolute atomic E-state index is 0.159. The highest BCUT2D eigenvalue weighted by Crippen LogP contribution is 2.44. The summed E-state index contributed by atoms with van der Waals surface area (Å²) < 4.78 is 20.2. The number of anilines is 1. The van der Waals surface area contributed by atoms with E-state index in [1.807, 2.05) is 42.5 Å². The van der Waals surface area contributed by atoms with Gasteiger partial charge in [0.15, 0.2) is 0 Å². The number of carbonyl (C=O) groups is 1. The Kier molecular flexibility index (Phi) is 5.88. The lowest BCUT2D eigenvalue weighted by Gasteiger charge is -2.37. The van der Waals surface area contributed by atoms with Gasteiger partial charge in [-0.05, 0) is 69.7 Å². The number of fused-ring (bicyclic) bond motifs is 1. The number of aryl methyl sites for hydroxylation is 1. The summed E-state index contributed by atoms with van der Waals surface area (Å²) >= 11 is 9.75. The van der Waals surface area contributed by atoms with E-state index < -0.39 is 6.09 Å². The monoisotopic (exact) mass is 473 g/mol. The normalized spacial score (nSPS) is 15.7. The highest BCUT2D eigenvalue weighted by atomic mass is 79.9. The molecule has 29 heavy (non-hydrogen) atoms. The molecule has 4 rings (SSSR count). The number of carbonyl (C=O) groups excluding carboxylic acids is 1. The second-order valence-corrected chi connectivity index (χ2v) is 8.21. The third kappa shape index (κ3) is 4.31. The van der Waals surface area contributed by atoms with E-state index in [-0.39, 0.29) is 18.5 Å². The van der Waals surface area contributed by atoms with Crippen LogP contribution >= 0.6 is 27.5 Å². The number of rotatable bonds is 3. The first-order chi connectivity index (χ1) is 14.0. The zero-order valence-corrected chi connectivity index (χ0v) is 17.8. The Hall–Kier alpha value is -2.37. The first-order valence-corrected chi connectivity index (χ1v) is 10.4. The van der Waals surface area contributed by atoms with Crippen LogP contribution in [0, 0.1) is 5.82 Å². The van der Waals surface area contributed by atoms with Crippen LogP contribution in [0.15, 0.2) is 71.2 Å². The second kappa shape index (κ2) is 8.56. The Bertz CT molecular complexity index is 1040. The van der Waals surface area contributed by atoms with Gasteiger partial charge in [0.1, 0.15) is 12.4 Å². The SMILES string of the molecule is O=C(OCc1ccccc1)N1c2c(Br)cc(Cl)cc2CCC1c1cccc(F)c1. The Morgan fingerprint density at radius 1 is 1.14 bits per heavy atom. The van der Waals surface area contributed by atoms with Gasteiger partial charge in [-0.15, -0.1) is 0 Å². The smallest absolute Gasteiger partial charge is 0.415 e. The molecular formula is C23H18BrClFNO2. The molecule has 0 aliphatic carbocycles. The van der Waals surface area contributed by atoms with E-state index in [0.717, 1.165) is 23.1 Å². The molecule has 6 heteroatoms. The van der Waals surface area contributed by atoms with Crippen molar-refractivity contribution in [3.8, 4) is 0 Å². The van der Waals surface area contributed by atoms with Crippen LogP contribution in [0.5, 0.6) is 0 Å². The molecule has 0 N–H and O–H groups in total. The molecule has 1 amide bonds. The molecule has 0 radical (unpaired) electrons. The van der Waals surface area contributed by atoms with Crippen molar-refractivity contribution in [1.29, 1.82) is 0 Å². The van der Waals surface area contributed by atoms with Gasteiger partial charge < -0.3 is 4.74 Å². The Balaban J connectivity index is 1.71. The molecule has 3 aromatic carbocycles. The molecule has 3 aromatic rings. The average Bonchev–Trinajstić information content (AvgIpc) is 2.72. The van der Waals surface area contributed by atoms with Gasteiger partial charge in [0, 0.05) is 9.50 Å². The summed E-state index contributed by atoms with van der Waals surface area (Å²) in [4.78, 5) is 14.8. The van der Waals surface area contributed by atoms with E-state index in [9.17, 15) is 9.18 Å². The van der Waals surface area contributed by atoms with E-state index in [4.69, 9.17) is 16.3 Å². The molecule has 0 saturated heterocycles. The summed E-state index contributed by atoms with van der Waals surface area (Å²) in [5.41, 5.74) is 3.30. The first-order valence-electron chi connectivity index (χ1n) is 9.26. The summed E-state index contributed by atoms with van der Waals surface area (Å²) in [5, 5.41) is 0.595. The molecule has 0 fully saturated rings. The third-order valence-corrected chi connectivity index (χ3v) is 5.80. The summed E-state index contributed by atoms with van der Waals surface area (Å²) in [5.74, 6) is -0.332. The van der Waals surface area contributed by atoms with Crippen LogP contribution in [0.1, 0.15) is 29.2 Å². The molecule has 1 unspecified atom stereocenters. The predicted molar refractivity (Wildman–Crippen MR) is 116 cm³/mol. The van der Waals surface area contributed by atoms with E-state index in [2.05, 4.69) is 15.9 Å². The Morgan fingerprint density at radius 2 is 1.93 bits per heavy atom. The number of halogens is 3. The zero-order valence-electron chi connectivity index (χ0n) is 15.4. The van der Waals surface area contributed by atoms with Crippen LogP contribution in [0.2, 0.25) is 5.02 Å². The van der Waals surface area contributed by atoms with Crippen molar-refractivity contribution >= 4 is 39.3 Å². The van der Waals surface area contributed by atoms with Crippen molar-refractivity contribution in [2.24, 2.45) is 0 Å². The summed E-state index contributed by atoms with van der Waals surface area (Å²) in [6.07, 6.45) is 0.883. The van der Waals surface area contributed by atoms with Gasteiger partial charge in [-0.1, -0.05) is 54.1 Å². The fourth-order valence-electron chi connectivity index (χ4n) is 3.69. The van der Waals surface area contributed by atoms with Gasteiger partial charge in [0.05, 0.1) is 11.7 Å². The maximum absolute atomic E-state index is 13.9. The van der Waals surface area contributed by atoms with Gasteiger partial charge in [0.2, 0.25) is 0 Å². The predicted octanol–water partition coefficient (Wildman–Crippen LogP) is 7.07. The molecule has 0 saturated carbocycles. The Labute approximate surface area is 182 Å². The van der Waals surface area contributed by atoms with Crippen LogP contribution in [0.3, 0.4) is 0 Å². The third-order valence-electron chi connectivity index (χ3n) is 4.98. The van der Waals surface area contributed by atoms with Crippen LogP contribution in [0.25, 0.3) is 0 Å². The quantitative estimate of drug-likeness (QED) is 0.406. The summed E-state index contributed by atoms with van der Waals surface area (Å²) in [6.45, 7) is 0.159. The average molecular weight is 475 g/mol. The summed E-state index contributed by atoms with van der Waals surface area (Å²) in [6, 6.07) is 19.1. The molecule has 0 spiro atoms. The van der Waals surface area contributed by atoms with Crippen molar-refractivity contribution < 1.29 is 13.9 Å². The molecule has 0 bridgehead atoms. The van der Waals surface area contributed by atoms with Gasteiger partial charge in [-0.2, -0.15) is 0 Å². The zero-order chi connectivity index (χ0) is 20.4. The molecule has 3 nitrogen and oxygen atoms in total. The van der Waals surface area contributed by atoms with Crippen molar-refractivity contribution in [3.05, 3.63) is 98.7 Å². The van der Waals surface area contributed by atoms with Gasteiger partial charge in [-0.3, -0.25) is 4.90 Å². The van der Waals surface area contributed by atoms with Gasteiger partial charge in [0.25, 0.3) is 0 Å². The van der Waals surface area contributed by atoms with Crippen LogP contribution < -0.4 is 4.90 Å². The maximum Gasteiger partial charge on any atom is 0.415 e. The number of amides is 1. The number of hydrogen-bond donors (Lipinski definition) is 0. The number of ether oxygens (including phenoxy) is 1. The molecule has 1 atom stereocenters. The number of benzene rings is 3. The lowest BCUT2D eigenvalue weighted by atomic mass is 9.91. The minimum atomic E-state index is -0.480. The molecule has 0 aromatic heterocycles. The lowest BCUT2D eigenvalue weighted by molar-refractivity contribution is 0.143. The summed E-state index contributed by atoms with van der Waals surface area (Å²) in [7, 11) is 0. The van der Waals surface area contributed by atoms with E-state index in [1.165, 1.54) is 12.1 Å². The van der Waals surface area contributed by atoms with Crippen LogP contribution in [0.4, 0.5) is 14.9 Å². The lowest BCUT2D eigenvalue weighted by Crippen LogP contribution is -2.39. The maximum atomic E-state index is 13.9. The first kappa shape index (κ1) is 19.9. The van der Waals surface area contributed by atoms with E-state index in [0.29, 0.717) is 21.6 Å². The van der Waals surface area contributed by atoms with Gasteiger partial charge >= 0.3 is 6.09 Å². The molecule has 1 heterocycles. The van der Waals surface area contributed by atoms with E-state index >= 15 is 0 Å². The van der Waals surface area contributed by atoms with Crippen molar-refractivity contribution in [1.82, 2.24) is 0 Å². The van der Waals surface area contributed by atoms with Crippen molar-refractivity contribution in [2.45, 2.75) is 25.5 Å². The fourth-order valence-corrected chi connectivity index (χ4v) is 4.76. The number of nitrogens with zero attached hydrogens (tertiary/aromatic N) is 1. The van der Waals surface area contributed by atoms with Crippen molar-refractivity contribution in [2.75, 3.05) is 4.90 Å². The standard InChI is InChI=1S/C23H18BrClFNO2/c24-20-13-18(25)11-17-9-10-21(16-7-4-8-19(26)12-16)27(22(17)20)23(28)29-14-15-5-2-1-3-6-15/h1-8,11-13,21H,9-10,14H2. The highest BCUT2D eigenvalue weighted by molar-refractivity contribution is 9.10. The highest BCUT2D eigenvalue weighted by Gasteiger charge is 2.35. The fraction of sp³-hybridized carbons (Fsp3) is 0.174. The largest absolute Gasteiger partial charge is 0.444 e. The Morgan fingerprint density at radius 3 is 2.69 bits per heavy atom. The van der Waals surface area contributed by atoms with Crippen LogP contribution in [-0.2, 0) is 17.8 Å². The minimum Gasteiger partial charge on any atom is -0.444 e. The molecule has 1 aliphatic rings. The van der Waals surface area contributed by atoms with E-state index in [1.54, 1.807) is 17.0 Å². The second-order valence-electron chi connectivity index (χ2n) is 6.92. The molecular weight excluding hydrogens is 457 g/mol. The number of hydrogen-bond acceptors (Lipinski definition) is 2. The molecule has 1 aliphatic heterocycles. The van der Waals surface area contributed by atoms with Crippen molar-refractivity contribution in [3.63, 3.8) is 0 Å². The molecule has 148 valence electrons. The van der Waals surface area contributed by atoms with Crippen LogP contribution in [-0.4, -0.2) is 6.09 Å². The topological polar surface area (TPSA) is 29.5 Å².